The van der Waals surface area contributed by atoms with E-state index in [1.807, 2.05) is 51.4 Å². The predicted octanol–water partition coefficient (Wildman–Crippen LogP) is 3.99. The molecule has 0 saturated heterocycles. The molecule has 0 radical (unpaired) electrons. The van der Waals surface area contributed by atoms with Gasteiger partial charge >= 0.3 is 0 Å². The lowest BCUT2D eigenvalue weighted by Crippen LogP contribution is -2.54. The van der Waals surface area contributed by atoms with Gasteiger partial charge in [0.15, 0.2) is 0 Å². The van der Waals surface area contributed by atoms with E-state index in [9.17, 15) is 9.59 Å². The molecular formula is C28H34N4O4. The first-order chi connectivity index (χ1) is 17.3. The van der Waals surface area contributed by atoms with Crippen LogP contribution < -0.4 is 15.5 Å². The van der Waals surface area contributed by atoms with Gasteiger partial charge in [-0.3, -0.25) is 19.8 Å². The molecule has 0 bridgehead atoms. The van der Waals surface area contributed by atoms with Crippen molar-refractivity contribution in [2.24, 2.45) is 0 Å². The molecule has 8 heteroatoms. The molecule has 1 saturated carbocycles. The third-order valence-corrected chi connectivity index (χ3v) is 7.09. The van der Waals surface area contributed by atoms with Gasteiger partial charge in [-0.25, -0.2) is 5.48 Å². The highest BCUT2D eigenvalue weighted by atomic mass is 16.5. The number of benzene rings is 2. The molecule has 0 aliphatic heterocycles. The third-order valence-electron chi connectivity index (χ3n) is 7.09. The maximum atomic E-state index is 13.1. The van der Waals surface area contributed by atoms with Gasteiger partial charge in [0.25, 0.3) is 5.91 Å². The van der Waals surface area contributed by atoms with Crippen LogP contribution in [0.4, 0.5) is 0 Å². The monoisotopic (exact) mass is 490 g/mol. The summed E-state index contributed by atoms with van der Waals surface area (Å²) >= 11 is 0. The molecule has 36 heavy (non-hydrogen) atoms. The summed E-state index contributed by atoms with van der Waals surface area (Å²) in [5, 5.41) is 13.2. The topological polar surface area (TPSA) is 104 Å². The Kier molecular flexibility index (Phi) is 7.86. The highest BCUT2D eigenvalue weighted by Crippen LogP contribution is 2.33. The fourth-order valence-corrected chi connectivity index (χ4v) is 5.06. The molecular weight excluding hydrogens is 456 g/mol. The van der Waals surface area contributed by atoms with Crippen LogP contribution in [-0.4, -0.2) is 52.6 Å². The number of nitrogens with one attached hydrogen (secondary N) is 2. The van der Waals surface area contributed by atoms with Crippen LogP contribution in [0.15, 0.2) is 54.6 Å². The van der Waals surface area contributed by atoms with Crippen molar-refractivity contribution in [2.75, 3.05) is 14.1 Å². The lowest BCUT2D eigenvalue weighted by molar-refractivity contribution is -0.131. The second-order valence-electron chi connectivity index (χ2n) is 9.89. The van der Waals surface area contributed by atoms with Crippen LogP contribution in [0.3, 0.4) is 0 Å². The van der Waals surface area contributed by atoms with Gasteiger partial charge in [0.2, 0.25) is 5.91 Å². The number of carbonyl (C=O) groups excluding carboxylic acids is 2. The van der Waals surface area contributed by atoms with E-state index in [4.69, 9.17) is 9.94 Å². The third kappa shape index (κ3) is 6.01. The zero-order valence-corrected chi connectivity index (χ0v) is 21.1. The Bertz CT molecular complexity index is 1220. The number of hydroxylamine groups is 1. The summed E-state index contributed by atoms with van der Waals surface area (Å²) in [6, 6.07) is 17.4. The first-order valence-corrected chi connectivity index (χ1v) is 12.3. The quantitative estimate of drug-likeness (QED) is 0.326. The Morgan fingerprint density at radius 1 is 1.11 bits per heavy atom. The van der Waals surface area contributed by atoms with E-state index in [1.165, 1.54) is 0 Å². The number of aryl methyl sites for hydroxylation is 1. The van der Waals surface area contributed by atoms with Crippen molar-refractivity contribution in [3.63, 3.8) is 0 Å². The lowest BCUT2D eigenvalue weighted by Gasteiger charge is -2.42. The fraction of sp³-hybridized carbons (Fsp3) is 0.393. The average Bonchev–Trinajstić information content (AvgIpc) is 2.87. The smallest absolute Gasteiger partial charge is 0.251 e. The summed E-state index contributed by atoms with van der Waals surface area (Å²) in [5.74, 6) is -0.0847. The van der Waals surface area contributed by atoms with Crippen LogP contribution in [-0.2, 0) is 11.4 Å². The molecule has 1 heterocycles. The number of hydrogen-bond donors (Lipinski definition) is 3. The molecule has 190 valence electrons. The number of aromatic nitrogens is 1. The number of pyridine rings is 1. The van der Waals surface area contributed by atoms with Gasteiger partial charge < -0.3 is 15.0 Å². The maximum Gasteiger partial charge on any atom is 0.251 e. The second kappa shape index (κ2) is 11.1. The minimum Gasteiger partial charge on any atom is -0.489 e. The van der Waals surface area contributed by atoms with E-state index in [0.29, 0.717) is 36.8 Å². The van der Waals surface area contributed by atoms with Crippen LogP contribution >= 0.6 is 0 Å². The highest BCUT2D eigenvalue weighted by molar-refractivity contribution is 5.95. The first kappa shape index (κ1) is 25.6. The molecule has 1 aliphatic rings. The molecule has 1 aromatic heterocycles. The van der Waals surface area contributed by atoms with Crippen molar-refractivity contribution in [1.29, 1.82) is 0 Å². The van der Waals surface area contributed by atoms with Gasteiger partial charge in [0.1, 0.15) is 12.4 Å². The van der Waals surface area contributed by atoms with Crippen molar-refractivity contribution in [2.45, 2.75) is 57.2 Å². The Labute approximate surface area is 211 Å². The number of ether oxygens (including phenoxy) is 1. The van der Waals surface area contributed by atoms with Gasteiger partial charge in [-0.15, -0.1) is 0 Å². The van der Waals surface area contributed by atoms with Crippen molar-refractivity contribution in [3.05, 3.63) is 71.4 Å². The number of hydrogen-bond acceptors (Lipinski definition) is 6. The molecule has 2 aromatic carbocycles. The van der Waals surface area contributed by atoms with Crippen molar-refractivity contribution < 1.29 is 19.5 Å². The zero-order chi connectivity index (χ0) is 25.7. The first-order valence-electron chi connectivity index (χ1n) is 12.3. The van der Waals surface area contributed by atoms with E-state index in [0.717, 1.165) is 35.0 Å². The van der Waals surface area contributed by atoms with E-state index < -0.39 is 11.4 Å². The van der Waals surface area contributed by atoms with E-state index >= 15 is 0 Å². The molecule has 3 aromatic rings. The Hall–Kier alpha value is -3.49. The van der Waals surface area contributed by atoms with Crippen molar-refractivity contribution in [3.8, 4) is 5.75 Å². The minimum absolute atomic E-state index is 0.0376. The van der Waals surface area contributed by atoms with Gasteiger partial charge in [0, 0.05) is 33.8 Å². The maximum absolute atomic E-state index is 13.1. The zero-order valence-electron chi connectivity index (χ0n) is 21.1. The van der Waals surface area contributed by atoms with Crippen LogP contribution in [0.2, 0.25) is 0 Å². The predicted molar refractivity (Wildman–Crippen MR) is 138 cm³/mol. The number of nitrogens with zero attached hydrogens (tertiary/aromatic N) is 2. The van der Waals surface area contributed by atoms with Gasteiger partial charge in [-0.1, -0.05) is 18.2 Å². The number of rotatable bonds is 8. The normalized spacial score (nSPS) is 19.8. The Morgan fingerprint density at radius 2 is 1.81 bits per heavy atom. The highest BCUT2D eigenvalue weighted by Gasteiger charge is 2.39. The van der Waals surface area contributed by atoms with E-state index in [-0.39, 0.29) is 12.3 Å². The van der Waals surface area contributed by atoms with Gasteiger partial charge in [-0.2, -0.15) is 0 Å². The molecule has 3 N–H and O–H groups in total. The fourth-order valence-electron chi connectivity index (χ4n) is 5.06. The van der Waals surface area contributed by atoms with Gasteiger partial charge in [0.05, 0.1) is 11.9 Å². The standard InChI is InChI=1S/C28H34N4O4/c1-19-16-21(24-6-4-5-7-25(24)29-19)18-36-23-10-8-20(9-11-23)27(34)30-28(17-26(33)31-35)14-12-22(13-15-28)32(2)3/h4-11,16,22,35H,12-15,17-18H2,1-3H3,(H,30,34)(H,31,33)/t22-,28-. The second-order valence-corrected chi connectivity index (χ2v) is 9.89. The minimum atomic E-state index is -0.689. The van der Waals surface area contributed by atoms with Crippen LogP contribution in [0, 0.1) is 6.92 Å². The Balaban J connectivity index is 1.42. The van der Waals surface area contributed by atoms with Crippen LogP contribution in [0.1, 0.15) is 53.7 Å². The lowest BCUT2D eigenvalue weighted by atomic mass is 9.76. The Morgan fingerprint density at radius 3 is 2.47 bits per heavy atom. The molecule has 4 rings (SSSR count). The molecule has 0 atom stereocenters. The van der Waals surface area contributed by atoms with E-state index in [2.05, 4.69) is 15.2 Å². The number of carbonyl (C=O) groups is 2. The van der Waals surface area contributed by atoms with Crippen LogP contribution in [0.25, 0.3) is 10.9 Å². The largest absolute Gasteiger partial charge is 0.489 e. The molecule has 1 fully saturated rings. The summed E-state index contributed by atoms with van der Waals surface area (Å²) < 4.78 is 6.02. The van der Waals surface area contributed by atoms with Crippen molar-refractivity contribution >= 4 is 22.7 Å². The van der Waals surface area contributed by atoms with E-state index in [1.54, 1.807) is 29.7 Å². The SMILES string of the molecule is Cc1cc(COc2ccc(C(=O)N[C@]3(CC(=O)NO)CC[C@@H](N(C)C)CC3)cc2)c2ccccc2n1. The summed E-state index contributed by atoms with van der Waals surface area (Å²) in [7, 11) is 4.08. The number of fused-ring (bicyclic) bond motifs is 1. The molecule has 0 spiro atoms. The van der Waals surface area contributed by atoms with Crippen LogP contribution in [0.5, 0.6) is 5.75 Å². The summed E-state index contributed by atoms with van der Waals surface area (Å²) in [6.45, 7) is 2.36. The molecule has 1 aliphatic carbocycles. The molecule has 0 unspecified atom stereocenters. The molecule has 2 amide bonds. The van der Waals surface area contributed by atoms with Gasteiger partial charge in [-0.05, 0) is 83.1 Å². The summed E-state index contributed by atoms with van der Waals surface area (Å²) in [4.78, 5) is 31.9. The summed E-state index contributed by atoms with van der Waals surface area (Å²) in [5.41, 5.74) is 4.44. The van der Waals surface area contributed by atoms with Crippen molar-refractivity contribution in [1.82, 2.24) is 20.7 Å². The molecule has 8 nitrogen and oxygen atoms in total. The average molecular weight is 491 g/mol. The summed E-state index contributed by atoms with van der Waals surface area (Å²) in [6.07, 6.45) is 3.09. The number of amides is 2. The number of para-hydroxylation sites is 1.